The molecule has 23 heavy (non-hydrogen) atoms. The van der Waals surface area contributed by atoms with E-state index in [4.69, 9.17) is 0 Å². The lowest BCUT2D eigenvalue weighted by Crippen LogP contribution is -2.24. The lowest BCUT2D eigenvalue weighted by Gasteiger charge is -2.24. The normalized spacial score (nSPS) is 18.5. The first-order valence-corrected chi connectivity index (χ1v) is 8.41. The van der Waals surface area contributed by atoms with E-state index in [1.807, 2.05) is 18.7 Å². The second-order valence-corrected chi connectivity index (χ2v) is 6.20. The molecule has 1 aliphatic heterocycles. The van der Waals surface area contributed by atoms with Gasteiger partial charge in [0.15, 0.2) is 0 Å². The fraction of sp³-hybridized carbons (Fsp3) is 0.588. The maximum Gasteiger partial charge on any atom is 0.129 e. The molecule has 3 rings (SSSR count). The lowest BCUT2D eigenvalue weighted by molar-refractivity contribution is 0.243. The molecule has 1 atom stereocenters. The average molecular weight is 314 g/mol. The van der Waals surface area contributed by atoms with Crippen molar-refractivity contribution >= 4 is 5.82 Å². The highest BCUT2D eigenvalue weighted by molar-refractivity contribution is 5.36. The molecule has 0 amide bonds. The summed E-state index contributed by atoms with van der Waals surface area (Å²) in [6.07, 6.45) is 4.54. The third kappa shape index (κ3) is 3.37. The molecule has 2 aromatic rings. The Labute approximate surface area is 137 Å². The van der Waals surface area contributed by atoms with Crippen LogP contribution in [0, 0.1) is 13.8 Å². The van der Waals surface area contributed by atoms with Crippen molar-refractivity contribution in [1.29, 1.82) is 0 Å². The van der Waals surface area contributed by atoms with Crippen LogP contribution < -0.4 is 5.32 Å². The molecule has 1 fully saturated rings. The molecular weight excluding hydrogens is 288 g/mol. The summed E-state index contributed by atoms with van der Waals surface area (Å²) in [6, 6.07) is 2.45. The van der Waals surface area contributed by atoms with Gasteiger partial charge in [0.1, 0.15) is 11.6 Å². The third-order valence-corrected chi connectivity index (χ3v) is 4.56. The van der Waals surface area contributed by atoms with E-state index in [1.165, 1.54) is 12.0 Å². The number of rotatable bonds is 5. The van der Waals surface area contributed by atoms with Gasteiger partial charge in [-0.2, -0.15) is 5.10 Å². The summed E-state index contributed by atoms with van der Waals surface area (Å²) in [4.78, 5) is 11.6. The van der Waals surface area contributed by atoms with Gasteiger partial charge in [-0.05, 0) is 40.2 Å². The average Bonchev–Trinajstić information content (AvgIpc) is 3.14. The van der Waals surface area contributed by atoms with E-state index in [9.17, 15) is 0 Å². The summed E-state index contributed by atoms with van der Waals surface area (Å²) >= 11 is 0. The van der Waals surface area contributed by atoms with Gasteiger partial charge in [-0.15, -0.1) is 0 Å². The number of nitrogens with one attached hydrogen (secondary N) is 1. The third-order valence-electron chi connectivity index (χ3n) is 4.56. The van der Waals surface area contributed by atoms with Crippen molar-refractivity contribution in [3.8, 4) is 0 Å². The van der Waals surface area contributed by atoms with Crippen LogP contribution in [0.15, 0.2) is 12.3 Å². The maximum absolute atomic E-state index is 4.69. The molecule has 3 heterocycles. The molecule has 1 saturated heterocycles. The van der Waals surface area contributed by atoms with Crippen molar-refractivity contribution in [3.05, 3.63) is 35.0 Å². The molecule has 6 nitrogen and oxygen atoms in total. The molecule has 0 radical (unpaired) electrons. The Hall–Kier alpha value is -1.95. The van der Waals surface area contributed by atoms with Gasteiger partial charge in [0.2, 0.25) is 0 Å². The summed E-state index contributed by atoms with van der Waals surface area (Å²) in [7, 11) is 1.90. The molecule has 1 N–H and O–H groups in total. The predicted molar refractivity (Wildman–Crippen MR) is 91.3 cm³/mol. The molecule has 0 saturated carbocycles. The second-order valence-electron chi connectivity index (χ2n) is 6.20. The van der Waals surface area contributed by atoms with Gasteiger partial charge < -0.3 is 5.32 Å². The minimum atomic E-state index is 0.369. The first-order chi connectivity index (χ1) is 11.1. The summed E-state index contributed by atoms with van der Waals surface area (Å²) < 4.78 is 2.02. The number of aromatic nitrogens is 4. The predicted octanol–water partition coefficient (Wildman–Crippen LogP) is 2.69. The van der Waals surface area contributed by atoms with Crippen LogP contribution in [-0.4, -0.2) is 38.2 Å². The quantitative estimate of drug-likeness (QED) is 0.919. The summed E-state index contributed by atoms with van der Waals surface area (Å²) in [5.74, 6) is 1.73. The first-order valence-electron chi connectivity index (χ1n) is 8.41. The minimum Gasteiger partial charge on any atom is -0.373 e. The van der Waals surface area contributed by atoms with Crippen LogP contribution in [0.5, 0.6) is 0 Å². The second kappa shape index (κ2) is 6.66. The number of hydrogen-bond acceptors (Lipinski definition) is 5. The summed E-state index contributed by atoms with van der Waals surface area (Å²) in [6.45, 7) is 9.14. The topological polar surface area (TPSA) is 58.9 Å². The van der Waals surface area contributed by atoms with Crippen LogP contribution in [0.3, 0.4) is 0 Å². The first kappa shape index (κ1) is 15.9. The van der Waals surface area contributed by atoms with E-state index >= 15 is 0 Å². The van der Waals surface area contributed by atoms with E-state index in [1.54, 1.807) is 0 Å². The van der Waals surface area contributed by atoms with Gasteiger partial charge in [0, 0.05) is 38.0 Å². The van der Waals surface area contributed by atoms with Gasteiger partial charge in [0.25, 0.3) is 0 Å². The highest BCUT2D eigenvalue weighted by Gasteiger charge is 2.28. The highest BCUT2D eigenvalue weighted by atomic mass is 15.3. The zero-order valence-electron chi connectivity index (χ0n) is 14.5. The number of nitrogens with zero attached hydrogens (tertiary/aromatic N) is 5. The van der Waals surface area contributed by atoms with E-state index in [2.05, 4.69) is 51.4 Å². The summed E-state index contributed by atoms with van der Waals surface area (Å²) in [5.41, 5.74) is 3.57. The Morgan fingerprint density at radius 1 is 1.30 bits per heavy atom. The van der Waals surface area contributed by atoms with Crippen LogP contribution in [-0.2, 0) is 13.1 Å². The van der Waals surface area contributed by atoms with Crippen LogP contribution in [0.2, 0.25) is 0 Å². The van der Waals surface area contributed by atoms with Gasteiger partial charge in [-0.1, -0.05) is 0 Å². The van der Waals surface area contributed by atoms with Crippen LogP contribution in [0.4, 0.5) is 5.82 Å². The molecule has 0 aliphatic carbocycles. The minimum absolute atomic E-state index is 0.369. The van der Waals surface area contributed by atoms with Crippen LogP contribution in [0.25, 0.3) is 0 Å². The zero-order valence-corrected chi connectivity index (χ0v) is 14.5. The van der Waals surface area contributed by atoms with Crippen molar-refractivity contribution in [2.45, 2.75) is 52.7 Å². The molecule has 124 valence electrons. The van der Waals surface area contributed by atoms with Crippen LogP contribution in [0.1, 0.15) is 48.6 Å². The fourth-order valence-corrected chi connectivity index (χ4v) is 3.33. The number of aryl methyl sites for hydroxylation is 3. The van der Waals surface area contributed by atoms with E-state index in [0.717, 1.165) is 49.1 Å². The van der Waals surface area contributed by atoms with Gasteiger partial charge in [0.05, 0.1) is 17.4 Å². The molecule has 1 aliphatic rings. The molecule has 1 unspecified atom stereocenters. The van der Waals surface area contributed by atoms with Crippen molar-refractivity contribution in [3.63, 3.8) is 0 Å². The number of likely N-dealkylation sites (tertiary alicyclic amines) is 1. The zero-order chi connectivity index (χ0) is 16.4. The number of hydrogen-bond donors (Lipinski definition) is 1. The standard InChI is InChI=1S/C17H26N6/c1-5-23-11-14(12(2)21-23)10-22-8-6-7-16(22)15-9-17(18-4)20-13(3)19-15/h9,11,16H,5-8,10H2,1-4H3,(H,18,19,20). The monoisotopic (exact) mass is 314 g/mol. The lowest BCUT2D eigenvalue weighted by atomic mass is 10.1. The molecule has 0 bridgehead atoms. The van der Waals surface area contributed by atoms with Crippen molar-refractivity contribution in [2.24, 2.45) is 0 Å². The fourth-order valence-electron chi connectivity index (χ4n) is 3.33. The van der Waals surface area contributed by atoms with Gasteiger partial charge in [-0.3, -0.25) is 9.58 Å². The largest absolute Gasteiger partial charge is 0.373 e. The molecular formula is C17H26N6. The van der Waals surface area contributed by atoms with Crippen molar-refractivity contribution in [1.82, 2.24) is 24.6 Å². The van der Waals surface area contributed by atoms with E-state index < -0.39 is 0 Å². The number of anilines is 1. The molecule has 2 aromatic heterocycles. The maximum atomic E-state index is 4.69. The Morgan fingerprint density at radius 3 is 2.83 bits per heavy atom. The molecule has 0 spiro atoms. The summed E-state index contributed by atoms with van der Waals surface area (Å²) in [5, 5.41) is 7.70. The Balaban J connectivity index is 1.82. The SMILES string of the molecule is CCn1cc(CN2CCCC2c2cc(NC)nc(C)n2)c(C)n1. The Kier molecular flexibility index (Phi) is 4.61. The van der Waals surface area contributed by atoms with E-state index in [0.29, 0.717) is 6.04 Å². The van der Waals surface area contributed by atoms with Gasteiger partial charge >= 0.3 is 0 Å². The van der Waals surface area contributed by atoms with Crippen molar-refractivity contribution < 1.29 is 0 Å². The Morgan fingerprint density at radius 2 is 2.13 bits per heavy atom. The van der Waals surface area contributed by atoms with Gasteiger partial charge in [-0.25, -0.2) is 9.97 Å². The smallest absolute Gasteiger partial charge is 0.129 e. The molecule has 6 heteroatoms. The van der Waals surface area contributed by atoms with E-state index in [-0.39, 0.29) is 0 Å². The van der Waals surface area contributed by atoms with Crippen LogP contribution >= 0.6 is 0 Å². The molecule has 0 aromatic carbocycles. The van der Waals surface area contributed by atoms with Crippen molar-refractivity contribution in [2.75, 3.05) is 18.9 Å². The highest BCUT2D eigenvalue weighted by Crippen LogP contribution is 2.33. The Bertz CT molecular complexity index is 678.